The molecular formula is C13H24N2O3Si. The van der Waals surface area contributed by atoms with Gasteiger partial charge in [0, 0.05) is 19.4 Å². The molecule has 0 heterocycles. The van der Waals surface area contributed by atoms with Crippen LogP contribution in [-0.2, 0) is 9.16 Å². The van der Waals surface area contributed by atoms with Gasteiger partial charge in [-0.3, -0.25) is 0 Å². The molecule has 0 aromatic rings. The molecule has 0 spiro atoms. The number of carbonyl (C=O) groups is 1. The molecule has 0 saturated heterocycles. The molecule has 0 bridgehead atoms. The van der Waals surface area contributed by atoms with E-state index in [1.165, 1.54) is 0 Å². The van der Waals surface area contributed by atoms with Crippen LogP contribution < -0.4 is 5.73 Å². The van der Waals surface area contributed by atoms with E-state index in [2.05, 4.69) is 33.9 Å². The molecule has 0 atom stereocenters. The topological polar surface area (TPSA) is 85.3 Å². The van der Waals surface area contributed by atoms with Crippen molar-refractivity contribution in [1.29, 1.82) is 5.26 Å². The van der Waals surface area contributed by atoms with Crippen LogP contribution >= 0.6 is 0 Å². The van der Waals surface area contributed by atoms with Crippen LogP contribution in [0, 0.1) is 17.2 Å². The van der Waals surface area contributed by atoms with Gasteiger partial charge in [-0.05, 0) is 24.1 Å². The predicted molar refractivity (Wildman–Crippen MR) is 74.9 cm³/mol. The van der Waals surface area contributed by atoms with E-state index >= 15 is 0 Å². The molecule has 0 aliphatic heterocycles. The molecule has 0 radical (unpaired) electrons. The third-order valence-electron chi connectivity index (χ3n) is 4.22. The van der Waals surface area contributed by atoms with Crippen molar-refractivity contribution >= 4 is 14.4 Å². The highest BCUT2D eigenvalue weighted by molar-refractivity contribution is 6.74. The lowest BCUT2D eigenvalue weighted by atomic mass is 9.72. The summed E-state index contributed by atoms with van der Waals surface area (Å²) in [5.41, 5.74) is 3.95. The quantitative estimate of drug-likeness (QED) is 0.804. The standard InChI is InChI=1S/C13H24N2O3Si/c1-12(2,3)19(4,5)17-8-10-6-13(7-10,9-14)18-11(15)16/h10H,6-8H2,1-5H3,(H2,15,16). The summed E-state index contributed by atoms with van der Waals surface area (Å²) in [6.45, 7) is 11.6. The van der Waals surface area contributed by atoms with Crippen LogP contribution in [0.5, 0.6) is 0 Å². The minimum Gasteiger partial charge on any atom is -0.428 e. The van der Waals surface area contributed by atoms with E-state index in [0.717, 1.165) is 0 Å². The van der Waals surface area contributed by atoms with Gasteiger partial charge in [-0.25, -0.2) is 4.79 Å². The summed E-state index contributed by atoms with van der Waals surface area (Å²) in [5, 5.41) is 9.22. The first-order valence-electron chi connectivity index (χ1n) is 6.55. The van der Waals surface area contributed by atoms with Crippen LogP contribution in [0.1, 0.15) is 33.6 Å². The highest BCUT2D eigenvalue weighted by atomic mass is 28.4. The summed E-state index contributed by atoms with van der Waals surface area (Å²) in [7, 11) is -1.75. The Labute approximate surface area is 116 Å². The Hall–Kier alpha value is -1.06. The lowest BCUT2D eigenvalue weighted by molar-refractivity contribution is -0.0485. The second-order valence-corrected chi connectivity index (χ2v) is 11.7. The maximum Gasteiger partial charge on any atom is 0.406 e. The Bertz CT molecular complexity index is 390. The van der Waals surface area contributed by atoms with Crippen LogP contribution in [0.2, 0.25) is 18.1 Å². The van der Waals surface area contributed by atoms with E-state index in [1.807, 2.05) is 6.07 Å². The Morgan fingerprint density at radius 1 is 1.47 bits per heavy atom. The Kier molecular flexibility index (Phi) is 4.32. The first kappa shape index (κ1) is 16.0. The average molecular weight is 284 g/mol. The van der Waals surface area contributed by atoms with E-state index < -0.39 is 20.0 Å². The van der Waals surface area contributed by atoms with Crippen LogP contribution in [0.15, 0.2) is 0 Å². The molecule has 1 saturated carbocycles. The lowest BCUT2D eigenvalue weighted by Gasteiger charge is -2.43. The minimum absolute atomic E-state index is 0.173. The fourth-order valence-corrected chi connectivity index (χ4v) is 3.01. The molecular weight excluding hydrogens is 260 g/mol. The number of nitrogens with two attached hydrogens (primary N) is 1. The lowest BCUT2D eigenvalue weighted by Crippen LogP contribution is -2.51. The number of carbonyl (C=O) groups excluding carboxylic acids is 1. The van der Waals surface area contributed by atoms with Crippen molar-refractivity contribution in [2.45, 2.75) is 57.3 Å². The number of hydrogen-bond donors (Lipinski definition) is 1. The van der Waals surface area contributed by atoms with Gasteiger partial charge in [0.2, 0.25) is 0 Å². The van der Waals surface area contributed by atoms with Crippen molar-refractivity contribution in [1.82, 2.24) is 0 Å². The maximum absolute atomic E-state index is 10.7. The van der Waals surface area contributed by atoms with Gasteiger partial charge < -0.3 is 14.9 Å². The van der Waals surface area contributed by atoms with Crippen molar-refractivity contribution in [2.24, 2.45) is 11.7 Å². The molecule has 1 aliphatic carbocycles. The molecule has 108 valence electrons. The van der Waals surface area contributed by atoms with E-state index in [-0.39, 0.29) is 11.0 Å². The molecule has 0 unspecified atom stereocenters. The van der Waals surface area contributed by atoms with Gasteiger partial charge in [-0.2, -0.15) is 5.26 Å². The molecule has 0 aromatic heterocycles. The number of rotatable bonds is 4. The number of nitriles is 1. The van der Waals surface area contributed by atoms with Crippen molar-refractivity contribution in [3.05, 3.63) is 0 Å². The van der Waals surface area contributed by atoms with E-state index in [4.69, 9.17) is 20.2 Å². The monoisotopic (exact) mass is 284 g/mol. The van der Waals surface area contributed by atoms with E-state index in [0.29, 0.717) is 19.4 Å². The average Bonchev–Trinajstić information content (AvgIpc) is 2.18. The van der Waals surface area contributed by atoms with Crippen molar-refractivity contribution < 1.29 is 14.0 Å². The Balaban J connectivity index is 2.45. The normalized spacial score (nSPS) is 27.3. The summed E-state index contributed by atoms with van der Waals surface area (Å²) in [6, 6.07) is 2.04. The summed E-state index contributed by atoms with van der Waals surface area (Å²) in [4.78, 5) is 10.7. The largest absolute Gasteiger partial charge is 0.428 e. The fourth-order valence-electron chi connectivity index (χ4n) is 1.92. The highest BCUT2D eigenvalue weighted by Gasteiger charge is 2.49. The van der Waals surface area contributed by atoms with Crippen LogP contribution in [0.3, 0.4) is 0 Å². The van der Waals surface area contributed by atoms with Gasteiger partial charge in [0.15, 0.2) is 13.9 Å². The van der Waals surface area contributed by atoms with E-state index in [9.17, 15) is 4.79 Å². The SMILES string of the molecule is CC(C)(C)[Si](C)(C)OCC1CC(C#N)(OC(N)=O)C1. The van der Waals surface area contributed by atoms with Gasteiger partial charge in [0.1, 0.15) is 6.07 Å². The number of nitrogens with zero attached hydrogens (tertiary/aromatic N) is 1. The molecule has 1 rings (SSSR count). The smallest absolute Gasteiger partial charge is 0.406 e. The van der Waals surface area contributed by atoms with Crippen molar-refractivity contribution in [2.75, 3.05) is 6.61 Å². The van der Waals surface area contributed by atoms with Crippen molar-refractivity contribution in [3.8, 4) is 6.07 Å². The van der Waals surface area contributed by atoms with E-state index in [1.54, 1.807) is 0 Å². The molecule has 6 heteroatoms. The summed E-state index contributed by atoms with van der Waals surface area (Å²) in [6.07, 6.45) is 0.146. The summed E-state index contributed by atoms with van der Waals surface area (Å²) < 4.78 is 11.0. The van der Waals surface area contributed by atoms with Gasteiger partial charge >= 0.3 is 6.09 Å². The van der Waals surface area contributed by atoms with Crippen LogP contribution in [-0.4, -0.2) is 26.6 Å². The molecule has 1 fully saturated rings. The van der Waals surface area contributed by atoms with Gasteiger partial charge in [-0.1, -0.05) is 20.8 Å². The zero-order valence-corrected chi connectivity index (χ0v) is 13.4. The molecule has 19 heavy (non-hydrogen) atoms. The summed E-state index contributed by atoms with van der Waals surface area (Å²) >= 11 is 0. The maximum atomic E-state index is 10.7. The molecule has 5 nitrogen and oxygen atoms in total. The minimum atomic E-state index is -1.75. The zero-order chi connectivity index (χ0) is 14.9. The third kappa shape index (κ3) is 3.70. The number of primary amides is 1. The first-order chi connectivity index (χ1) is 8.51. The van der Waals surface area contributed by atoms with Gasteiger partial charge in [0.05, 0.1) is 0 Å². The number of amides is 1. The van der Waals surface area contributed by atoms with Gasteiger partial charge in [0.25, 0.3) is 0 Å². The van der Waals surface area contributed by atoms with Crippen LogP contribution in [0.25, 0.3) is 0 Å². The third-order valence-corrected chi connectivity index (χ3v) is 8.72. The Morgan fingerprint density at radius 3 is 2.37 bits per heavy atom. The fraction of sp³-hybridized carbons (Fsp3) is 0.846. The molecule has 0 aromatic carbocycles. The predicted octanol–water partition coefficient (Wildman–Crippen LogP) is 2.78. The Morgan fingerprint density at radius 2 is 2.00 bits per heavy atom. The molecule has 1 amide bonds. The van der Waals surface area contributed by atoms with Gasteiger partial charge in [-0.15, -0.1) is 0 Å². The molecule has 2 N–H and O–H groups in total. The van der Waals surface area contributed by atoms with Crippen molar-refractivity contribution in [3.63, 3.8) is 0 Å². The first-order valence-corrected chi connectivity index (χ1v) is 9.46. The number of hydrogen-bond acceptors (Lipinski definition) is 4. The van der Waals surface area contributed by atoms with Crippen LogP contribution in [0.4, 0.5) is 4.79 Å². The summed E-state index contributed by atoms with van der Waals surface area (Å²) in [5.74, 6) is 0.271. The highest BCUT2D eigenvalue weighted by Crippen LogP contribution is 2.43. The zero-order valence-electron chi connectivity index (χ0n) is 12.4. The second kappa shape index (κ2) is 5.14. The second-order valence-electron chi connectivity index (χ2n) is 6.87. The number of ether oxygens (including phenoxy) is 1. The molecule has 1 aliphatic rings.